The summed E-state index contributed by atoms with van der Waals surface area (Å²) in [5, 5.41) is 7.77. The summed E-state index contributed by atoms with van der Waals surface area (Å²) >= 11 is 1.35. The smallest absolute Gasteiger partial charge is 0.294 e. The largest absolute Gasteiger partial charge is 0.463 e. The van der Waals surface area contributed by atoms with Crippen molar-refractivity contribution >= 4 is 38.9 Å². The molecule has 8 nitrogen and oxygen atoms in total. The molecule has 0 fully saturated rings. The number of benzene rings is 1. The highest BCUT2D eigenvalue weighted by atomic mass is 32.1. The first-order valence-corrected chi connectivity index (χ1v) is 9.57. The van der Waals surface area contributed by atoms with Gasteiger partial charge in [-0.05, 0) is 50.2 Å². The first-order chi connectivity index (χ1) is 13.9. The quantitative estimate of drug-likeness (QED) is 0.508. The van der Waals surface area contributed by atoms with Gasteiger partial charge in [0.2, 0.25) is 5.91 Å². The summed E-state index contributed by atoms with van der Waals surface area (Å²) in [6.07, 6.45) is 1.52. The van der Waals surface area contributed by atoms with E-state index in [0.717, 1.165) is 9.69 Å². The minimum absolute atomic E-state index is 0.0593. The van der Waals surface area contributed by atoms with Gasteiger partial charge in [-0.3, -0.25) is 14.4 Å². The number of hydrogen-bond acceptors (Lipinski definition) is 7. The molecule has 0 saturated carbocycles. The van der Waals surface area contributed by atoms with Crippen molar-refractivity contribution in [3.8, 4) is 11.5 Å². The summed E-state index contributed by atoms with van der Waals surface area (Å²) < 4.78 is 7.14. The van der Waals surface area contributed by atoms with Crippen LogP contribution >= 0.6 is 11.3 Å². The summed E-state index contributed by atoms with van der Waals surface area (Å²) in [6.45, 7) is 2.99. The SMILES string of the molecule is CC(=O)c1ccc(NC(=O)Cn2nc(-c3ccco3)c3sc(C)nc3c2=O)cc1. The number of rotatable bonds is 5. The minimum Gasteiger partial charge on any atom is -0.463 e. The van der Waals surface area contributed by atoms with E-state index in [0.29, 0.717) is 27.4 Å². The zero-order valence-corrected chi connectivity index (χ0v) is 16.4. The molecule has 3 heterocycles. The van der Waals surface area contributed by atoms with E-state index in [9.17, 15) is 14.4 Å². The molecule has 1 N–H and O–H groups in total. The lowest BCUT2D eigenvalue weighted by Gasteiger charge is -2.08. The van der Waals surface area contributed by atoms with E-state index in [4.69, 9.17) is 4.42 Å². The molecule has 4 rings (SSSR count). The van der Waals surface area contributed by atoms with Crippen molar-refractivity contribution in [1.82, 2.24) is 14.8 Å². The van der Waals surface area contributed by atoms with Crippen LogP contribution in [0.1, 0.15) is 22.3 Å². The van der Waals surface area contributed by atoms with Crippen LogP contribution in [0.4, 0.5) is 5.69 Å². The molecule has 0 aliphatic heterocycles. The lowest BCUT2D eigenvalue weighted by atomic mass is 10.1. The number of carbonyl (C=O) groups excluding carboxylic acids is 2. The lowest BCUT2D eigenvalue weighted by molar-refractivity contribution is -0.117. The highest BCUT2D eigenvalue weighted by molar-refractivity contribution is 7.19. The second-order valence-corrected chi connectivity index (χ2v) is 7.58. The van der Waals surface area contributed by atoms with E-state index in [1.807, 2.05) is 0 Å². The number of ketones is 1. The fourth-order valence-electron chi connectivity index (χ4n) is 2.87. The predicted molar refractivity (Wildman–Crippen MR) is 109 cm³/mol. The average molecular weight is 408 g/mol. The van der Waals surface area contributed by atoms with Gasteiger partial charge in [0.25, 0.3) is 5.56 Å². The monoisotopic (exact) mass is 408 g/mol. The third kappa shape index (κ3) is 3.72. The lowest BCUT2D eigenvalue weighted by Crippen LogP contribution is -2.30. The number of fused-ring (bicyclic) bond motifs is 1. The number of aromatic nitrogens is 3. The Morgan fingerprint density at radius 1 is 1.21 bits per heavy atom. The Kier molecular flexibility index (Phi) is 4.81. The number of furan rings is 1. The zero-order valence-electron chi connectivity index (χ0n) is 15.6. The van der Waals surface area contributed by atoms with E-state index in [-0.39, 0.29) is 17.8 Å². The van der Waals surface area contributed by atoms with Crippen LogP contribution in [0, 0.1) is 6.92 Å². The molecule has 0 saturated heterocycles. The van der Waals surface area contributed by atoms with Crippen LogP contribution in [0.5, 0.6) is 0 Å². The Morgan fingerprint density at radius 3 is 2.62 bits per heavy atom. The number of carbonyl (C=O) groups is 2. The van der Waals surface area contributed by atoms with Crippen molar-refractivity contribution in [2.75, 3.05) is 5.32 Å². The zero-order chi connectivity index (χ0) is 20.5. The van der Waals surface area contributed by atoms with E-state index >= 15 is 0 Å². The minimum atomic E-state index is -0.443. The third-order valence-corrected chi connectivity index (χ3v) is 5.21. The van der Waals surface area contributed by atoms with Crippen molar-refractivity contribution in [2.24, 2.45) is 0 Å². The van der Waals surface area contributed by atoms with Gasteiger partial charge in [-0.15, -0.1) is 11.3 Å². The fourth-order valence-corrected chi connectivity index (χ4v) is 3.77. The molecule has 0 spiro atoms. The van der Waals surface area contributed by atoms with Gasteiger partial charge in [0, 0.05) is 11.3 Å². The van der Waals surface area contributed by atoms with Gasteiger partial charge in [-0.1, -0.05) is 0 Å². The summed E-state index contributed by atoms with van der Waals surface area (Å²) in [4.78, 5) is 40.9. The maximum atomic E-state index is 12.8. The molecule has 3 aromatic heterocycles. The van der Waals surface area contributed by atoms with Crippen LogP contribution in [-0.2, 0) is 11.3 Å². The standard InChI is InChI=1S/C20H16N4O4S/c1-11(25)13-5-7-14(8-6-13)22-16(26)10-24-20(27)18-19(29-12(2)21-18)17(23-24)15-4-3-9-28-15/h3-9H,10H2,1-2H3,(H,22,26). The van der Waals surface area contributed by atoms with Gasteiger partial charge in [0.05, 0.1) is 16.0 Å². The van der Waals surface area contributed by atoms with Crippen LogP contribution in [0.2, 0.25) is 0 Å². The van der Waals surface area contributed by atoms with Crippen molar-refractivity contribution in [3.63, 3.8) is 0 Å². The molecular weight excluding hydrogens is 392 g/mol. The molecule has 0 radical (unpaired) electrons. The molecule has 1 amide bonds. The van der Waals surface area contributed by atoms with Crippen LogP contribution < -0.4 is 10.9 Å². The van der Waals surface area contributed by atoms with E-state index in [2.05, 4.69) is 15.4 Å². The average Bonchev–Trinajstić information content (AvgIpc) is 3.34. The van der Waals surface area contributed by atoms with Gasteiger partial charge in [-0.2, -0.15) is 5.10 Å². The molecular formula is C20H16N4O4S. The van der Waals surface area contributed by atoms with Crippen LogP contribution in [0.15, 0.2) is 51.9 Å². The van der Waals surface area contributed by atoms with Gasteiger partial charge in [-0.25, -0.2) is 9.67 Å². The van der Waals surface area contributed by atoms with Crippen LogP contribution in [0.25, 0.3) is 21.7 Å². The molecule has 0 aliphatic carbocycles. The number of anilines is 1. The number of nitrogens with one attached hydrogen (secondary N) is 1. The highest BCUT2D eigenvalue weighted by Crippen LogP contribution is 2.29. The van der Waals surface area contributed by atoms with Crippen LogP contribution in [0.3, 0.4) is 0 Å². The first-order valence-electron chi connectivity index (χ1n) is 8.75. The van der Waals surface area contributed by atoms with Gasteiger partial charge in [0.15, 0.2) is 17.1 Å². The van der Waals surface area contributed by atoms with Crippen molar-refractivity contribution in [2.45, 2.75) is 20.4 Å². The molecule has 146 valence electrons. The summed E-state index contributed by atoms with van der Waals surface area (Å²) in [5.74, 6) is 0.00967. The topological polar surface area (TPSA) is 107 Å². The number of amides is 1. The molecule has 4 aromatic rings. The molecule has 0 unspecified atom stereocenters. The Labute approximate surface area is 168 Å². The number of nitrogens with zero attached hydrogens (tertiary/aromatic N) is 3. The number of thiazole rings is 1. The molecule has 9 heteroatoms. The summed E-state index contributed by atoms with van der Waals surface area (Å²) in [7, 11) is 0. The summed E-state index contributed by atoms with van der Waals surface area (Å²) in [5.41, 5.74) is 1.35. The summed E-state index contributed by atoms with van der Waals surface area (Å²) in [6, 6.07) is 9.98. The van der Waals surface area contributed by atoms with Crippen molar-refractivity contribution < 1.29 is 14.0 Å². The third-order valence-electron chi connectivity index (χ3n) is 4.23. The second kappa shape index (κ2) is 7.44. The molecule has 1 aromatic carbocycles. The van der Waals surface area contributed by atoms with Gasteiger partial charge >= 0.3 is 0 Å². The Balaban J connectivity index is 1.65. The Hall–Kier alpha value is -3.59. The number of hydrogen-bond donors (Lipinski definition) is 1. The predicted octanol–water partition coefficient (Wildman–Crippen LogP) is 3.26. The maximum absolute atomic E-state index is 12.8. The first kappa shape index (κ1) is 18.8. The van der Waals surface area contributed by atoms with E-state index in [1.54, 1.807) is 43.3 Å². The highest BCUT2D eigenvalue weighted by Gasteiger charge is 2.19. The molecule has 29 heavy (non-hydrogen) atoms. The van der Waals surface area contributed by atoms with Gasteiger partial charge in [0.1, 0.15) is 12.2 Å². The van der Waals surface area contributed by atoms with Crippen molar-refractivity contribution in [3.05, 3.63) is 63.6 Å². The molecule has 0 aliphatic rings. The molecule has 0 bridgehead atoms. The maximum Gasteiger partial charge on any atom is 0.294 e. The normalized spacial score (nSPS) is 11.0. The number of aryl methyl sites for hydroxylation is 1. The van der Waals surface area contributed by atoms with E-state index in [1.165, 1.54) is 24.5 Å². The van der Waals surface area contributed by atoms with Crippen LogP contribution in [-0.4, -0.2) is 26.5 Å². The Bertz CT molecular complexity index is 1270. The second-order valence-electron chi connectivity index (χ2n) is 6.38. The molecule has 0 atom stereocenters. The fraction of sp³-hybridized carbons (Fsp3) is 0.150. The van der Waals surface area contributed by atoms with E-state index < -0.39 is 11.5 Å². The van der Waals surface area contributed by atoms with Crippen molar-refractivity contribution in [1.29, 1.82) is 0 Å². The Morgan fingerprint density at radius 2 is 1.97 bits per heavy atom. The number of Topliss-reactive ketones (excluding diaryl/α,β-unsaturated/α-hetero) is 1. The van der Waals surface area contributed by atoms with Gasteiger partial charge < -0.3 is 9.73 Å².